The average Bonchev–Trinajstić information content (AvgIpc) is 2.84. The lowest BCUT2D eigenvalue weighted by molar-refractivity contribution is -0.138. The van der Waals surface area contributed by atoms with Crippen molar-refractivity contribution in [1.29, 1.82) is 0 Å². The van der Waals surface area contributed by atoms with Crippen LogP contribution in [0.5, 0.6) is 0 Å². The van der Waals surface area contributed by atoms with Gasteiger partial charge >= 0.3 is 6.18 Å². The van der Waals surface area contributed by atoms with Crippen LogP contribution < -0.4 is 0 Å². The Bertz CT molecular complexity index is 823. The van der Waals surface area contributed by atoms with E-state index in [2.05, 4.69) is 15.1 Å². The van der Waals surface area contributed by atoms with Gasteiger partial charge in [0, 0.05) is 5.56 Å². The quantitative estimate of drug-likeness (QED) is 0.644. The zero-order valence-corrected chi connectivity index (χ0v) is 11.3. The van der Waals surface area contributed by atoms with Gasteiger partial charge in [-0.3, -0.25) is 0 Å². The summed E-state index contributed by atoms with van der Waals surface area (Å²) in [6.45, 7) is 0. The molecule has 0 fully saturated rings. The summed E-state index contributed by atoms with van der Waals surface area (Å²) < 4.78 is 38.8. The lowest BCUT2D eigenvalue weighted by atomic mass is 10.2. The molecule has 20 heavy (non-hydrogen) atoms. The Balaban J connectivity index is 2.22. The fourth-order valence-electron chi connectivity index (χ4n) is 1.56. The fourth-order valence-corrected chi connectivity index (χ4v) is 2.59. The first-order valence-electron chi connectivity index (χ1n) is 5.36. The maximum Gasteiger partial charge on any atom is 0.445 e. The molecule has 0 saturated carbocycles. The maximum atomic E-state index is 12.6. The molecule has 9 heteroatoms. The Morgan fingerprint density at radius 1 is 1.10 bits per heavy atom. The van der Waals surface area contributed by atoms with Crippen LogP contribution in [-0.2, 0) is 6.18 Å². The van der Waals surface area contributed by atoms with Gasteiger partial charge in [-0.25, -0.2) is 0 Å². The number of benzene rings is 1. The van der Waals surface area contributed by atoms with Crippen LogP contribution in [0.3, 0.4) is 0 Å². The number of hydrogen-bond acceptors (Lipinski definition) is 5. The number of alkyl halides is 3. The van der Waals surface area contributed by atoms with E-state index in [4.69, 9.17) is 12.2 Å². The van der Waals surface area contributed by atoms with Gasteiger partial charge in [-0.15, -0.1) is 5.10 Å². The summed E-state index contributed by atoms with van der Waals surface area (Å²) in [7, 11) is 0. The zero-order valence-electron chi connectivity index (χ0n) is 9.63. The largest absolute Gasteiger partial charge is 0.445 e. The lowest BCUT2D eigenvalue weighted by Crippen LogP contribution is -2.05. The standard InChI is InChI=1S/C11H5F3N4S2/c12-11(13,14)8-17-18-9(19)15-7(16-10(18)20-8)6-4-2-1-3-5-6/h1-5H. The first-order chi connectivity index (χ1) is 9.45. The van der Waals surface area contributed by atoms with Crippen molar-refractivity contribution < 1.29 is 13.2 Å². The van der Waals surface area contributed by atoms with Gasteiger partial charge in [0.25, 0.3) is 0 Å². The molecular weight excluding hydrogens is 309 g/mol. The molecule has 0 aliphatic rings. The minimum atomic E-state index is -4.52. The molecule has 2 heterocycles. The molecule has 0 spiro atoms. The SMILES string of the molecule is FC(F)(F)c1nn2c(=S)nc(-c3ccccc3)nc2s1. The molecule has 4 nitrogen and oxygen atoms in total. The van der Waals surface area contributed by atoms with Crippen LogP contribution >= 0.6 is 23.6 Å². The summed E-state index contributed by atoms with van der Waals surface area (Å²) >= 11 is 5.40. The summed E-state index contributed by atoms with van der Waals surface area (Å²) in [6.07, 6.45) is -4.52. The third-order valence-corrected chi connectivity index (χ3v) is 3.64. The van der Waals surface area contributed by atoms with E-state index >= 15 is 0 Å². The Labute approximate surface area is 119 Å². The lowest BCUT2D eigenvalue weighted by Gasteiger charge is -1.99. The molecule has 3 aromatic rings. The molecule has 0 amide bonds. The third-order valence-electron chi connectivity index (χ3n) is 2.42. The van der Waals surface area contributed by atoms with E-state index < -0.39 is 11.2 Å². The van der Waals surface area contributed by atoms with Gasteiger partial charge in [0.05, 0.1) is 0 Å². The normalized spacial score (nSPS) is 11.9. The molecule has 0 aliphatic heterocycles. The molecule has 0 unspecified atom stereocenters. The summed E-state index contributed by atoms with van der Waals surface area (Å²) in [4.78, 5) is 8.16. The highest BCUT2D eigenvalue weighted by Crippen LogP contribution is 2.32. The number of rotatable bonds is 1. The molecule has 0 N–H and O–H groups in total. The number of hydrogen-bond donors (Lipinski definition) is 0. The Morgan fingerprint density at radius 3 is 2.45 bits per heavy atom. The maximum absolute atomic E-state index is 12.6. The Hall–Kier alpha value is -1.87. The van der Waals surface area contributed by atoms with Crippen molar-refractivity contribution in [2.75, 3.05) is 0 Å². The molecule has 1 aromatic carbocycles. The van der Waals surface area contributed by atoms with Crippen molar-refractivity contribution >= 4 is 28.5 Å². The smallest absolute Gasteiger partial charge is 0.199 e. The predicted octanol–water partition coefficient (Wildman–Crippen LogP) is 3.60. The number of nitrogens with zero attached hydrogens (tertiary/aromatic N) is 4. The van der Waals surface area contributed by atoms with Crippen molar-refractivity contribution in [2.24, 2.45) is 0 Å². The van der Waals surface area contributed by atoms with Gasteiger partial charge in [0.15, 0.2) is 5.82 Å². The highest BCUT2D eigenvalue weighted by Gasteiger charge is 2.36. The Morgan fingerprint density at radius 2 is 1.80 bits per heavy atom. The highest BCUT2D eigenvalue weighted by molar-refractivity contribution is 7.71. The van der Waals surface area contributed by atoms with E-state index in [-0.39, 0.29) is 15.6 Å². The van der Waals surface area contributed by atoms with Crippen LogP contribution in [0, 0.1) is 4.77 Å². The molecular formula is C11H5F3N4S2. The monoisotopic (exact) mass is 314 g/mol. The average molecular weight is 314 g/mol. The van der Waals surface area contributed by atoms with Gasteiger partial charge < -0.3 is 0 Å². The second-order valence-corrected chi connectivity index (χ2v) is 5.12. The fraction of sp³-hybridized carbons (Fsp3) is 0.0909. The van der Waals surface area contributed by atoms with Crippen molar-refractivity contribution in [2.45, 2.75) is 6.18 Å². The van der Waals surface area contributed by atoms with Crippen molar-refractivity contribution in [1.82, 2.24) is 19.6 Å². The molecule has 0 radical (unpaired) electrons. The number of aromatic nitrogens is 4. The molecule has 0 bridgehead atoms. The second kappa shape index (κ2) is 4.60. The third kappa shape index (κ3) is 2.29. The Kier molecular flexibility index (Phi) is 3.02. The van der Waals surface area contributed by atoms with Crippen LogP contribution in [-0.4, -0.2) is 19.6 Å². The minimum absolute atomic E-state index is 0.0550. The van der Waals surface area contributed by atoms with E-state index in [1.54, 1.807) is 24.3 Å². The number of halogens is 3. The second-order valence-electron chi connectivity index (χ2n) is 3.80. The van der Waals surface area contributed by atoms with Gasteiger partial charge in [-0.1, -0.05) is 41.7 Å². The van der Waals surface area contributed by atoms with E-state index in [0.717, 1.165) is 4.52 Å². The first-order valence-corrected chi connectivity index (χ1v) is 6.58. The van der Waals surface area contributed by atoms with Crippen molar-refractivity contribution in [3.63, 3.8) is 0 Å². The van der Waals surface area contributed by atoms with Crippen LogP contribution in [0.4, 0.5) is 13.2 Å². The topological polar surface area (TPSA) is 43.1 Å². The molecule has 2 aromatic heterocycles. The summed E-state index contributed by atoms with van der Waals surface area (Å²) in [5.74, 6) is 0.285. The summed E-state index contributed by atoms with van der Waals surface area (Å²) in [5, 5.41) is 2.40. The predicted molar refractivity (Wildman–Crippen MR) is 69.9 cm³/mol. The molecule has 102 valence electrons. The van der Waals surface area contributed by atoms with E-state index in [9.17, 15) is 13.2 Å². The van der Waals surface area contributed by atoms with Crippen LogP contribution in [0.1, 0.15) is 5.01 Å². The first kappa shape index (κ1) is 13.1. The molecule has 0 atom stereocenters. The van der Waals surface area contributed by atoms with Crippen LogP contribution in [0.25, 0.3) is 16.3 Å². The van der Waals surface area contributed by atoms with Crippen molar-refractivity contribution in [3.8, 4) is 11.4 Å². The van der Waals surface area contributed by atoms with Gasteiger partial charge in [-0.2, -0.15) is 27.7 Å². The molecule has 0 aliphatic carbocycles. The van der Waals surface area contributed by atoms with Gasteiger partial charge in [0.2, 0.25) is 14.7 Å². The zero-order chi connectivity index (χ0) is 14.3. The van der Waals surface area contributed by atoms with E-state index in [1.165, 1.54) is 0 Å². The van der Waals surface area contributed by atoms with Crippen LogP contribution in [0.2, 0.25) is 0 Å². The van der Waals surface area contributed by atoms with E-state index in [0.29, 0.717) is 16.9 Å². The van der Waals surface area contributed by atoms with Crippen molar-refractivity contribution in [3.05, 3.63) is 40.1 Å². The summed E-state index contributed by atoms with van der Waals surface area (Å²) in [6, 6.07) is 8.90. The number of fused-ring (bicyclic) bond motifs is 1. The molecule has 3 rings (SSSR count). The van der Waals surface area contributed by atoms with Crippen LogP contribution in [0.15, 0.2) is 30.3 Å². The van der Waals surface area contributed by atoms with Gasteiger partial charge in [-0.05, 0) is 12.2 Å². The highest BCUT2D eigenvalue weighted by atomic mass is 32.1. The minimum Gasteiger partial charge on any atom is -0.199 e. The molecule has 0 saturated heterocycles. The summed E-state index contributed by atoms with van der Waals surface area (Å²) in [5.41, 5.74) is 0.683. The van der Waals surface area contributed by atoms with E-state index in [1.807, 2.05) is 6.07 Å². The van der Waals surface area contributed by atoms with Gasteiger partial charge in [0.1, 0.15) is 0 Å².